The third-order valence-electron chi connectivity index (χ3n) is 5.90. The topological polar surface area (TPSA) is 65.8 Å². The van der Waals surface area contributed by atoms with E-state index in [-0.39, 0.29) is 11.9 Å². The molecule has 0 aliphatic carbocycles. The Balaban J connectivity index is 1.45. The van der Waals surface area contributed by atoms with Crippen LogP contribution in [-0.2, 0) is 19.6 Å². The highest BCUT2D eigenvalue weighted by atomic mass is 19.4. The molecule has 5 rings (SSSR count). The van der Waals surface area contributed by atoms with Crippen molar-refractivity contribution in [1.29, 1.82) is 0 Å². The molecule has 0 unspecified atom stereocenters. The largest absolute Gasteiger partial charge is 0.434 e. The molecule has 1 aromatic carbocycles. The van der Waals surface area contributed by atoms with Crippen LogP contribution in [0.4, 0.5) is 13.2 Å². The summed E-state index contributed by atoms with van der Waals surface area (Å²) in [6.07, 6.45) is 0.808. The molecule has 0 fully saturated rings. The van der Waals surface area contributed by atoms with Gasteiger partial charge in [-0.3, -0.25) is 4.68 Å². The standard InChI is InChI=1S/C25H24F3N7/c1-15(2)35-21(16(3)13-29-35)22-31-24-19(6-5-11-34(24)32-22)12-17-7-9-18(10-8-17)23-30-20(14-33(23)4)25(26,27)28/h5-11,13-15H,12H2,1-4H3. The Hall–Kier alpha value is -3.95. The molecule has 0 amide bonds. The van der Waals surface area contributed by atoms with Gasteiger partial charge in [0.05, 0.1) is 6.20 Å². The van der Waals surface area contributed by atoms with Crippen molar-refractivity contribution in [1.82, 2.24) is 33.9 Å². The predicted octanol–water partition coefficient (Wildman–Crippen LogP) is 5.49. The summed E-state index contributed by atoms with van der Waals surface area (Å²) < 4.78 is 44.1. The van der Waals surface area contributed by atoms with E-state index in [4.69, 9.17) is 4.98 Å². The van der Waals surface area contributed by atoms with Crippen molar-refractivity contribution in [2.75, 3.05) is 0 Å². The lowest BCUT2D eigenvalue weighted by atomic mass is 10.0. The molecule has 0 N–H and O–H groups in total. The van der Waals surface area contributed by atoms with Crippen molar-refractivity contribution in [2.24, 2.45) is 7.05 Å². The maximum atomic E-state index is 13.0. The first-order valence-corrected chi connectivity index (χ1v) is 11.2. The number of imidazole rings is 1. The fourth-order valence-electron chi connectivity index (χ4n) is 4.18. The summed E-state index contributed by atoms with van der Waals surface area (Å²) in [5, 5.41) is 9.15. The molecule has 0 atom stereocenters. The quantitative estimate of drug-likeness (QED) is 0.334. The first-order valence-electron chi connectivity index (χ1n) is 11.2. The van der Waals surface area contributed by atoms with Gasteiger partial charge in [-0.05, 0) is 38.0 Å². The minimum absolute atomic E-state index is 0.175. The monoisotopic (exact) mass is 479 g/mol. The zero-order valence-corrected chi connectivity index (χ0v) is 19.7. The minimum Gasteiger partial charge on any atom is -0.333 e. The van der Waals surface area contributed by atoms with Gasteiger partial charge in [0, 0.05) is 43.0 Å². The van der Waals surface area contributed by atoms with Gasteiger partial charge >= 0.3 is 6.18 Å². The number of fused-ring (bicyclic) bond motifs is 1. The van der Waals surface area contributed by atoms with Crippen LogP contribution in [0.5, 0.6) is 0 Å². The number of rotatable bonds is 5. The van der Waals surface area contributed by atoms with Gasteiger partial charge in [-0.15, -0.1) is 5.10 Å². The van der Waals surface area contributed by atoms with E-state index in [9.17, 15) is 13.2 Å². The zero-order valence-electron chi connectivity index (χ0n) is 19.7. The van der Waals surface area contributed by atoms with E-state index in [1.807, 2.05) is 48.3 Å². The molecule has 0 radical (unpaired) electrons. The molecule has 7 nitrogen and oxygen atoms in total. The molecule has 0 aliphatic heterocycles. The van der Waals surface area contributed by atoms with Crippen LogP contribution < -0.4 is 0 Å². The normalized spacial score (nSPS) is 12.2. The van der Waals surface area contributed by atoms with Crippen LogP contribution in [0.2, 0.25) is 0 Å². The molecule has 0 bridgehead atoms. The molecule has 0 saturated carbocycles. The van der Waals surface area contributed by atoms with Crippen LogP contribution in [0.15, 0.2) is 55.0 Å². The summed E-state index contributed by atoms with van der Waals surface area (Å²) in [6.45, 7) is 6.13. The minimum atomic E-state index is -4.48. The lowest BCUT2D eigenvalue weighted by Crippen LogP contribution is -2.05. The van der Waals surface area contributed by atoms with E-state index >= 15 is 0 Å². The van der Waals surface area contributed by atoms with E-state index in [0.717, 1.165) is 34.2 Å². The Kier molecular flexibility index (Phi) is 5.46. The van der Waals surface area contributed by atoms with Crippen LogP contribution in [0, 0.1) is 6.92 Å². The van der Waals surface area contributed by atoms with E-state index in [0.29, 0.717) is 17.8 Å². The Labute approximate surface area is 199 Å². The molecule has 4 heterocycles. The first kappa shape index (κ1) is 22.8. The lowest BCUT2D eigenvalue weighted by molar-refractivity contribution is -0.140. The van der Waals surface area contributed by atoms with Crippen LogP contribution in [0.3, 0.4) is 0 Å². The average Bonchev–Trinajstić information content (AvgIpc) is 3.50. The van der Waals surface area contributed by atoms with Crippen LogP contribution in [0.25, 0.3) is 28.6 Å². The van der Waals surface area contributed by atoms with Crippen molar-refractivity contribution < 1.29 is 13.2 Å². The molecule has 0 saturated heterocycles. The maximum Gasteiger partial charge on any atom is 0.434 e. The molecule has 0 spiro atoms. The summed E-state index contributed by atoms with van der Waals surface area (Å²) in [5.74, 6) is 0.886. The second-order valence-corrected chi connectivity index (χ2v) is 8.88. The Morgan fingerprint density at radius 2 is 1.77 bits per heavy atom. The molecule has 4 aromatic heterocycles. The summed E-state index contributed by atoms with van der Waals surface area (Å²) in [6, 6.07) is 11.5. The average molecular weight is 480 g/mol. The third-order valence-corrected chi connectivity index (χ3v) is 5.90. The Morgan fingerprint density at radius 1 is 1.03 bits per heavy atom. The van der Waals surface area contributed by atoms with Crippen molar-refractivity contribution in [3.8, 4) is 22.9 Å². The van der Waals surface area contributed by atoms with Crippen molar-refractivity contribution in [2.45, 2.75) is 39.4 Å². The Morgan fingerprint density at radius 3 is 2.43 bits per heavy atom. The van der Waals surface area contributed by atoms with Crippen molar-refractivity contribution in [3.05, 3.63) is 77.4 Å². The van der Waals surface area contributed by atoms with E-state index in [1.165, 1.54) is 4.57 Å². The van der Waals surface area contributed by atoms with E-state index < -0.39 is 11.9 Å². The van der Waals surface area contributed by atoms with Crippen molar-refractivity contribution >= 4 is 5.65 Å². The van der Waals surface area contributed by atoms with Gasteiger partial charge < -0.3 is 4.57 Å². The third kappa shape index (κ3) is 4.20. The summed E-state index contributed by atoms with van der Waals surface area (Å²) in [5.41, 5.74) is 4.36. The fourth-order valence-corrected chi connectivity index (χ4v) is 4.18. The molecule has 0 aliphatic rings. The molecular formula is C25H24F3N7. The number of benzene rings is 1. The number of halogens is 3. The van der Waals surface area contributed by atoms with Crippen LogP contribution >= 0.6 is 0 Å². The number of alkyl halides is 3. The Bertz CT molecular complexity index is 1500. The smallest absolute Gasteiger partial charge is 0.333 e. The van der Waals surface area contributed by atoms with Gasteiger partial charge in [-0.1, -0.05) is 30.3 Å². The SMILES string of the molecule is Cc1cnn(C(C)C)c1-c1nc2c(Cc3ccc(-c4nc(C(F)(F)F)cn4C)cc3)cccn2n1. The van der Waals surface area contributed by atoms with Gasteiger partial charge in [0.2, 0.25) is 5.82 Å². The zero-order chi connectivity index (χ0) is 24.9. The summed E-state index contributed by atoms with van der Waals surface area (Å²) in [4.78, 5) is 8.60. The molecular weight excluding hydrogens is 455 g/mol. The number of hydrogen-bond acceptors (Lipinski definition) is 4. The molecule has 5 aromatic rings. The highest BCUT2D eigenvalue weighted by molar-refractivity contribution is 5.61. The second-order valence-electron chi connectivity index (χ2n) is 8.88. The van der Waals surface area contributed by atoms with Gasteiger partial charge in [-0.2, -0.15) is 18.3 Å². The summed E-state index contributed by atoms with van der Waals surface area (Å²) in [7, 11) is 1.56. The van der Waals surface area contributed by atoms with Gasteiger partial charge in [0.15, 0.2) is 11.3 Å². The number of nitrogens with zero attached hydrogens (tertiary/aromatic N) is 7. The molecule has 35 heavy (non-hydrogen) atoms. The number of aromatic nitrogens is 7. The highest BCUT2D eigenvalue weighted by Gasteiger charge is 2.34. The van der Waals surface area contributed by atoms with Crippen molar-refractivity contribution in [3.63, 3.8) is 0 Å². The number of pyridine rings is 1. The maximum absolute atomic E-state index is 13.0. The van der Waals surface area contributed by atoms with Crippen LogP contribution in [0.1, 0.15) is 42.3 Å². The van der Waals surface area contributed by atoms with E-state index in [1.54, 1.807) is 23.7 Å². The number of hydrogen-bond donors (Lipinski definition) is 0. The van der Waals surface area contributed by atoms with E-state index in [2.05, 4.69) is 29.0 Å². The van der Waals surface area contributed by atoms with Crippen LogP contribution in [-0.4, -0.2) is 33.9 Å². The first-order chi connectivity index (χ1) is 16.6. The van der Waals surface area contributed by atoms with Gasteiger partial charge in [0.25, 0.3) is 0 Å². The number of aryl methyl sites for hydroxylation is 2. The fraction of sp³-hybridized carbons (Fsp3) is 0.280. The summed E-state index contributed by atoms with van der Waals surface area (Å²) >= 11 is 0. The molecule has 180 valence electrons. The molecule has 10 heteroatoms. The van der Waals surface area contributed by atoms with Gasteiger partial charge in [-0.25, -0.2) is 14.5 Å². The highest BCUT2D eigenvalue weighted by Crippen LogP contribution is 2.31. The predicted molar refractivity (Wildman–Crippen MR) is 126 cm³/mol. The van der Waals surface area contributed by atoms with Gasteiger partial charge in [0.1, 0.15) is 11.5 Å². The second kappa shape index (κ2) is 8.37. The lowest BCUT2D eigenvalue weighted by Gasteiger charge is -2.08.